The third kappa shape index (κ3) is 6.78. The molecule has 4 rings (SSSR count). The second-order valence-electron chi connectivity index (χ2n) is 8.75. The molecule has 1 atom stereocenters. The number of methoxy groups -OCH3 is 1. The van der Waals surface area contributed by atoms with Gasteiger partial charge in [0.2, 0.25) is 15.9 Å². The van der Waals surface area contributed by atoms with Crippen LogP contribution in [0, 0.1) is 0 Å². The molecule has 0 saturated carbocycles. The molecule has 202 valence electrons. The molecule has 0 spiro atoms. The summed E-state index contributed by atoms with van der Waals surface area (Å²) < 4.78 is 34.8. The number of nitrogens with one attached hydrogen (secondary N) is 1. The Morgan fingerprint density at radius 2 is 2.00 bits per heavy atom. The van der Waals surface area contributed by atoms with Gasteiger partial charge in [-0.1, -0.05) is 23.9 Å². The number of thioether (sulfide) groups is 1. The summed E-state index contributed by atoms with van der Waals surface area (Å²) in [5, 5.41) is 8.64. The van der Waals surface area contributed by atoms with Crippen LogP contribution in [0.25, 0.3) is 10.9 Å². The van der Waals surface area contributed by atoms with Gasteiger partial charge in [-0.05, 0) is 55.2 Å². The molecule has 0 aliphatic carbocycles. The molecule has 1 saturated heterocycles. The Balaban J connectivity index is 1.46. The summed E-state index contributed by atoms with van der Waals surface area (Å²) in [4.78, 5) is 42.5. The molecule has 11 nitrogen and oxygen atoms in total. The molecule has 3 aromatic rings. The fourth-order valence-electron chi connectivity index (χ4n) is 4.08. The monoisotopic (exact) mass is 560 g/mol. The fraction of sp³-hybridized carbons (Fsp3) is 0.360. The van der Waals surface area contributed by atoms with Crippen LogP contribution >= 0.6 is 11.8 Å². The van der Waals surface area contributed by atoms with E-state index in [1.54, 1.807) is 18.2 Å². The first-order valence-corrected chi connectivity index (χ1v) is 14.4. The number of amides is 1. The summed E-state index contributed by atoms with van der Waals surface area (Å²) in [6.07, 6.45) is 2.12. The maximum Gasteiger partial charge on any atom is 0.337 e. The van der Waals surface area contributed by atoms with Crippen LogP contribution in [0.5, 0.6) is 0 Å². The number of hydrogen-bond acceptors (Lipinski definition) is 9. The molecule has 1 fully saturated rings. The quantitative estimate of drug-likeness (QED) is 0.213. The van der Waals surface area contributed by atoms with E-state index in [0.29, 0.717) is 42.2 Å². The number of rotatable bonds is 10. The molecule has 13 heteroatoms. The van der Waals surface area contributed by atoms with E-state index in [1.165, 1.54) is 35.9 Å². The molecule has 38 heavy (non-hydrogen) atoms. The average Bonchev–Trinajstić information content (AvgIpc) is 3.41. The first-order chi connectivity index (χ1) is 18.2. The standard InChI is InChI=1S/C25H28N4O7S2/c1-35-24(32)17-6-9-20-21(13-17)28-25(29(23(20)31)14-18-3-2-12-36-18)37-15-22(30)27-11-10-16-4-7-19(8-5-16)38(26,33)34/h4-9,13,18H,2-3,10-12,14-15H2,1H3,(H,27,30)(H2,26,33,34)/t18-/m1/s1. The van der Waals surface area contributed by atoms with E-state index in [4.69, 9.17) is 14.6 Å². The van der Waals surface area contributed by atoms with Gasteiger partial charge in [0.25, 0.3) is 5.56 Å². The van der Waals surface area contributed by atoms with Gasteiger partial charge in [-0.2, -0.15) is 0 Å². The predicted molar refractivity (Wildman–Crippen MR) is 142 cm³/mol. The largest absolute Gasteiger partial charge is 0.465 e. The maximum absolute atomic E-state index is 13.3. The number of ether oxygens (including phenoxy) is 2. The molecule has 1 aliphatic heterocycles. The van der Waals surface area contributed by atoms with Gasteiger partial charge in [-0.15, -0.1) is 0 Å². The number of nitrogens with zero attached hydrogens (tertiary/aromatic N) is 2. The minimum atomic E-state index is -3.76. The molecular formula is C25H28N4O7S2. The number of esters is 1. The van der Waals surface area contributed by atoms with E-state index in [2.05, 4.69) is 10.3 Å². The van der Waals surface area contributed by atoms with Crippen LogP contribution in [0.15, 0.2) is 57.3 Å². The Morgan fingerprint density at radius 1 is 1.24 bits per heavy atom. The van der Waals surface area contributed by atoms with Gasteiger partial charge in [-0.25, -0.2) is 23.3 Å². The van der Waals surface area contributed by atoms with Crippen molar-refractivity contribution in [1.82, 2.24) is 14.9 Å². The van der Waals surface area contributed by atoms with Gasteiger partial charge < -0.3 is 14.8 Å². The molecule has 2 heterocycles. The van der Waals surface area contributed by atoms with Crippen molar-refractivity contribution in [2.24, 2.45) is 5.14 Å². The number of nitrogens with two attached hydrogens (primary N) is 1. The number of primary sulfonamides is 1. The van der Waals surface area contributed by atoms with Gasteiger partial charge in [0.05, 0.1) is 46.9 Å². The molecular weight excluding hydrogens is 532 g/mol. The maximum atomic E-state index is 13.3. The van der Waals surface area contributed by atoms with E-state index in [1.807, 2.05) is 0 Å². The summed E-state index contributed by atoms with van der Waals surface area (Å²) in [5.74, 6) is -0.771. The second-order valence-corrected chi connectivity index (χ2v) is 11.3. The highest BCUT2D eigenvalue weighted by Gasteiger charge is 2.21. The minimum absolute atomic E-state index is 0.0184. The second kappa shape index (κ2) is 12.1. The van der Waals surface area contributed by atoms with Crippen LogP contribution < -0.4 is 16.0 Å². The Kier molecular flexibility index (Phi) is 8.82. The highest BCUT2D eigenvalue weighted by atomic mass is 32.2. The SMILES string of the molecule is COC(=O)c1ccc2c(=O)n(C[C@H]3CCCO3)c(SCC(=O)NCCc3ccc(S(N)(=O)=O)cc3)nc2c1. The van der Waals surface area contributed by atoms with Gasteiger partial charge in [0.1, 0.15) is 0 Å². The van der Waals surface area contributed by atoms with Crippen LogP contribution in [-0.2, 0) is 37.3 Å². The van der Waals surface area contributed by atoms with Crippen molar-refractivity contribution in [3.8, 4) is 0 Å². The molecule has 2 aromatic carbocycles. The number of aromatic nitrogens is 2. The number of hydrogen-bond donors (Lipinski definition) is 2. The lowest BCUT2D eigenvalue weighted by atomic mass is 10.1. The molecule has 1 amide bonds. The average molecular weight is 561 g/mol. The summed E-state index contributed by atoms with van der Waals surface area (Å²) in [7, 11) is -2.48. The van der Waals surface area contributed by atoms with E-state index in [9.17, 15) is 22.8 Å². The van der Waals surface area contributed by atoms with Gasteiger partial charge in [0.15, 0.2) is 5.16 Å². The van der Waals surface area contributed by atoms with Crippen molar-refractivity contribution in [1.29, 1.82) is 0 Å². The topological polar surface area (TPSA) is 160 Å². The van der Waals surface area contributed by atoms with Crippen molar-refractivity contribution in [2.45, 2.75) is 42.0 Å². The number of fused-ring (bicyclic) bond motifs is 1. The van der Waals surface area contributed by atoms with Crippen LogP contribution in [0.2, 0.25) is 0 Å². The Morgan fingerprint density at radius 3 is 2.66 bits per heavy atom. The third-order valence-electron chi connectivity index (χ3n) is 6.07. The zero-order valence-electron chi connectivity index (χ0n) is 20.7. The first kappa shape index (κ1) is 27.8. The van der Waals surface area contributed by atoms with Gasteiger partial charge in [-0.3, -0.25) is 14.2 Å². The number of benzene rings is 2. The molecule has 3 N–H and O–H groups in total. The van der Waals surface area contributed by atoms with Crippen LogP contribution in [-0.4, -0.2) is 62.0 Å². The zero-order valence-corrected chi connectivity index (χ0v) is 22.3. The van der Waals surface area contributed by atoms with Crippen molar-refractivity contribution in [2.75, 3.05) is 26.0 Å². The smallest absolute Gasteiger partial charge is 0.337 e. The third-order valence-corrected chi connectivity index (χ3v) is 7.98. The van der Waals surface area contributed by atoms with Gasteiger partial charge in [0, 0.05) is 13.2 Å². The fourth-order valence-corrected chi connectivity index (χ4v) is 5.44. The molecule has 0 radical (unpaired) electrons. The molecule has 0 unspecified atom stereocenters. The Bertz CT molecular complexity index is 1500. The lowest BCUT2D eigenvalue weighted by Gasteiger charge is -2.16. The number of carbonyl (C=O) groups excluding carboxylic acids is 2. The molecule has 0 bridgehead atoms. The highest BCUT2D eigenvalue weighted by Crippen LogP contribution is 2.22. The normalized spacial score (nSPS) is 15.5. The lowest BCUT2D eigenvalue weighted by Crippen LogP contribution is -2.30. The van der Waals surface area contributed by atoms with E-state index < -0.39 is 16.0 Å². The van der Waals surface area contributed by atoms with Crippen LogP contribution in [0.3, 0.4) is 0 Å². The van der Waals surface area contributed by atoms with Crippen molar-refractivity contribution in [3.05, 3.63) is 63.9 Å². The first-order valence-electron chi connectivity index (χ1n) is 11.9. The molecule has 1 aliphatic rings. The van der Waals surface area contributed by atoms with E-state index in [-0.39, 0.29) is 33.8 Å². The van der Waals surface area contributed by atoms with E-state index in [0.717, 1.165) is 30.2 Å². The van der Waals surface area contributed by atoms with Crippen LogP contribution in [0.1, 0.15) is 28.8 Å². The lowest BCUT2D eigenvalue weighted by molar-refractivity contribution is -0.118. The zero-order chi connectivity index (χ0) is 27.3. The summed E-state index contributed by atoms with van der Waals surface area (Å²) in [6, 6.07) is 10.7. The Hall–Kier alpha value is -3.26. The molecule has 1 aromatic heterocycles. The Labute approximate surface area is 223 Å². The van der Waals surface area contributed by atoms with Crippen molar-refractivity contribution >= 4 is 44.6 Å². The summed E-state index contributed by atoms with van der Waals surface area (Å²) in [6.45, 7) is 1.29. The summed E-state index contributed by atoms with van der Waals surface area (Å²) in [5.41, 5.74) is 1.18. The van der Waals surface area contributed by atoms with Gasteiger partial charge >= 0.3 is 5.97 Å². The van der Waals surface area contributed by atoms with Crippen molar-refractivity contribution in [3.63, 3.8) is 0 Å². The number of sulfonamides is 1. The minimum Gasteiger partial charge on any atom is -0.465 e. The van der Waals surface area contributed by atoms with Crippen LogP contribution in [0.4, 0.5) is 0 Å². The van der Waals surface area contributed by atoms with Crippen molar-refractivity contribution < 1.29 is 27.5 Å². The number of carbonyl (C=O) groups is 2. The predicted octanol–water partition coefficient (Wildman–Crippen LogP) is 1.46. The summed E-state index contributed by atoms with van der Waals surface area (Å²) >= 11 is 1.13. The van der Waals surface area contributed by atoms with E-state index >= 15 is 0 Å². The highest BCUT2D eigenvalue weighted by molar-refractivity contribution is 7.99.